The van der Waals surface area contributed by atoms with Crippen molar-refractivity contribution >= 4 is 22.9 Å². The summed E-state index contributed by atoms with van der Waals surface area (Å²) in [5.41, 5.74) is 1.95. The number of hydrogen-bond acceptors (Lipinski definition) is 10. The van der Waals surface area contributed by atoms with E-state index >= 15 is 0 Å². The number of aromatic nitrogens is 4. The van der Waals surface area contributed by atoms with Gasteiger partial charge in [0.15, 0.2) is 29.3 Å². The number of likely N-dealkylation sites (N-methyl/N-ethyl adjacent to an activating group) is 1. The van der Waals surface area contributed by atoms with Gasteiger partial charge in [0.05, 0.1) is 32.2 Å². The van der Waals surface area contributed by atoms with Crippen molar-refractivity contribution in [2.45, 2.75) is 69.5 Å². The second kappa shape index (κ2) is 11.0. The highest BCUT2D eigenvalue weighted by molar-refractivity contribution is 5.83. The summed E-state index contributed by atoms with van der Waals surface area (Å²) in [6, 6.07) is 7.85. The lowest BCUT2D eigenvalue weighted by molar-refractivity contribution is -0.137. The zero-order valence-electron chi connectivity index (χ0n) is 20.8. The number of aliphatic hydroxyl groups excluding tert-OH is 2. The third-order valence-electron chi connectivity index (χ3n) is 6.85. The first-order valence-electron chi connectivity index (χ1n) is 12.5. The highest BCUT2D eigenvalue weighted by atomic mass is 16.6. The Balaban J connectivity index is 1.30. The molecule has 1 aromatic carbocycles. The Morgan fingerprint density at radius 1 is 1.22 bits per heavy atom. The number of carbonyl (C=O) groups is 1. The third-order valence-corrected chi connectivity index (χ3v) is 6.85. The molecular formula is C25H32N6O6. The number of amides is 1. The van der Waals surface area contributed by atoms with E-state index in [9.17, 15) is 15.0 Å². The number of aliphatic hydroxyl groups is 2. The van der Waals surface area contributed by atoms with E-state index in [2.05, 4.69) is 25.6 Å². The van der Waals surface area contributed by atoms with Crippen LogP contribution in [0.4, 0.5) is 5.82 Å². The number of methoxy groups -OCH3 is 1. The molecule has 0 spiro atoms. The summed E-state index contributed by atoms with van der Waals surface area (Å²) in [5.74, 6) is 0.848. The van der Waals surface area contributed by atoms with Crippen molar-refractivity contribution in [1.29, 1.82) is 0 Å². The van der Waals surface area contributed by atoms with Gasteiger partial charge in [-0.1, -0.05) is 12.1 Å². The molecule has 0 unspecified atom stereocenters. The van der Waals surface area contributed by atoms with Crippen molar-refractivity contribution in [3.63, 3.8) is 0 Å². The summed E-state index contributed by atoms with van der Waals surface area (Å²) in [5, 5.41) is 27.1. The van der Waals surface area contributed by atoms with Crippen LogP contribution in [-0.4, -0.2) is 79.8 Å². The molecule has 3 aromatic rings. The summed E-state index contributed by atoms with van der Waals surface area (Å²) in [7, 11) is 1.64. The number of ether oxygens (including phenoxy) is 3. The molecule has 2 aromatic heterocycles. The smallest absolute Gasteiger partial charge is 0.252 e. The largest absolute Gasteiger partial charge is 0.497 e. The Morgan fingerprint density at radius 2 is 2.08 bits per heavy atom. The normalized spacial score (nSPS) is 27.5. The minimum atomic E-state index is -1.38. The fourth-order valence-corrected chi connectivity index (χ4v) is 4.96. The van der Waals surface area contributed by atoms with Crippen molar-refractivity contribution in [2.24, 2.45) is 0 Å². The number of anilines is 1. The van der Waals surface area contributed by atoms with Gasteiger partial charge in [0.1, 0.15) is 24.3 Å². The number of hydrogen-bond donors (Lipinski definition) is 4. The lowest BCUT2D eigenvalue weighted by Gasteiger charge is -2.22. The number of nitrogens with zero attached hydrogens (tertiary/aromatic N) is 4. The van der Waals surface area contributed by atoms with E-state index in [0.29, 0.717) is 30.1 Å². The molecule has 5 rings (SSSR count). The number of fused-ring (bicyclic) bond motifs is 1. The van der Waals surface area contributed by atoms with Gasteiger partial charge in [-0.2, -0.15) is 0 Å². The van der Waals surface area contributed by atoms with Gasteiger partial charge in [0.2, 0.25) is 0 Å². The van der Waals surface area contributed by atoms with Crippen LogP contribution >= 0.6 is 0 Å². The number of benzene rings is 1. The van der Waals surface area contributed by atoms with Crippen LogP contribution in [0.15, 0.2) is 36.9 Å². The molecule has 37 heavy (non-hydrogen) atoms. The van der Waals surface area contributed by atoms with Crippen molar-refractivity contribution in [3.05, 3.63) is 42.5 Å². The molecule has 2 aliphatic rings. The van der Waals surface area contributed by atoms with Crippen LogP contribution in [-0.2, 0) is 20.9 Å². The van der Waals surface area contributed by atoms with E-state index in [-0.39, 0.29) is 12.1 Å². The van der Waals surface area contributed by atoms with Crippen LogP contribution in [0.5, 0.6) is 5.75 Å². The van der Waals surface area contributed by atoms with Crippen LogP contribution < -0.4 is 15.4 Å². The molecule has 12 heteroatoms. The Kier molecular flexibility index (Phi) is 7.51. The van der Waals surface area contributed by atoms with E-state index in [1.807, 2.05) is 24.3 Å². The Bertz CT molecular complexity index is 1240. The maximum absolute atomic E-state index is 12.2. The van der Waals surface area contributed by atoms with Gasteiger partial charge in [-0.25, -0.2) is 15.0 Å². The fourth-order valence-electron chi connectivity index (χ4n) is 4.96. The quantitative estimate of drug-likeness (QED) is 0.328. The third kappa shape index (κ3) is 5.10. The van der Waals surface area contributed by atoms with Crippen LogP contribution in [0.2, 0.25) is 0 Å². The van der Waals surface area contributed by atoms with Gasteiger partial charge in [-0.05, 0) is 43.9 Å². The molecule has 3 heterocycles. The van der Waals surface area contributed by atoms with Gasteiger partial charge >= 0.3 is 0 Å². The summed E-state index contributed by atoms with van der Waals surface area (Å²) in [6.07, 6.45) is 0.787. The second-order valence-electron chi connectivity index (χ2n) is 9.25. The molecule has 12 nitrogen and oxygen atoms in total. The standard InChI is InChI=1S/C25H32N6O6/c1-3-26-24(34)21-19(32)20(33)25(37-21)31-13-29-18-22(27-12-28-23(18)31)30-16-8-5-9-17(16)36-11-14-6-4-7-15(10-14)35-2/h4,6-7,10,12-13,16-17,19-21,25,32-33H,3,5,8-9,11H2,1-2H3,(H,26,34)(H,27,28,30)/t16-,17-,19+,20-,21+,25-/m1/s1. The Morgan fingerprint density at radius 3 is 2.89 bits per heavy atom. The van der Waals surface area contributed by atoms with Crippen LogP contribution in [0.1, 0.15) is 38.0 Å². The summed E-state index contributed by atoms with van der Waals surface area (Å²) < 4.78 is 18.8. The van der Waals surface area contributed by atoms with Gasteiger partial charge in [-0.3, -0.25) is 9.36 Å². The molecule has 1 aliphatic heterocycles. The Hall–Kier alpha value is -3.32. The monoisotopic (exact) mass is 512 g/mol. The topological polar surface area (TPSA) is 153 Å². The number of imidazole rings is 1. The van der Waals surface area contributed by atoms with Crippen molar-refractivity contribution in [3.8, 4) is 5.75 Å². The summed E-state index contributed by atoms with van der Waals surface area (Å²) in [4.78, 5) is 25.4. The van der Waals surface area contributed by atoms with E-state index in [0.717, 1.165) is 30.6 Å². The lowest BCUT2D eigenvalue weighted by atomic mass is 10.1. The lowest BCUT2D eigenvalue weighted by Crippen LogP contribution is -2.42. The fraction of sp³-hybridized carbons (Fsp3) is 0.520. The van der Waals surface area contributed by atoms with Gasteiger partial charge in [-0.15, -0.1) is 0 Å². The van der Waals surface area contributed by atoms with Crippen molar-refractivity contribution in [2.75, 3.05) is 19.0 Å². The summed E-state index contributed by atoms with van der Waals surface area (Å²) in [6.45, 7) is 2.62. The minimum Gasteiger partial charge on any atom is -0.497 e. The SMILES string of the molecule is CCNC(=O)[C@H]1O[C@@H](n2cnc3c(N[C@@H]4CCC[C@H]4OCc4cccc(OC)c4)ncnc32)[C@H](O)[C@@H]1O. The average molecular weight is 513 g/mol. The van der Waals surface area contributed by atoms with Crippen molar-refractivity contribution < 1.29 is 29.2 Å². The highest BCUT2D eigenvalue weighted by Crippen LogP contribution is 2.33. The van der Waals surface area contributed by atoms with E-state index in [1.165, 1.54) is 17.2 Å². The number of carbonyl (C=O) groups excluding carboxylic acids is 1. The van der Waals surface area contributed by atoms with Gasteiger partial charge < -0.3 is 35.1 Å². The minimum absolute atomic E-state index is 0.00808. The van der Waals surface area contributed by atoms with Gasteiger partial charge in [0, 0.05) is 6.54 Å². The van der Waals surface area contributed by atoms with Gasteiger partial charge in [0.25, 0.3) is 5.91 Å². The first-order chi connectivity index (χ1) is 18.0. The first kappa shape index (κ1) is 25.3. The molecule has 198 valence electrons. The average Bonchev–Trinajstić information content (AvgIpc) is 3.61. The first-order valence-corrected chi connectivity index (χ1v) is 12.5. The molecule has 0 bridgehead atoms. The van der Waals surface area contributed by atoms with E-state index in [1.54, 1.807) is 14.0 Å². The predicted molar refractivity (Wildman–Crippen MR) is 133 cm³/mol. The zero-order chi connectivity index (χ0) is 25.9. The predicted octanol–water partition coefficient (Wildman–Crippen LogP) is 1.14. The van der Waals surface area contributed by atoms with E-state index in [4.69, 9.17) is 14.2 Å². The molecule has 4 N–H and O–H groups in total. The van der Waals surface area contributed by atoms with Crippen molar-refractivity contribution in [1.82, 2.24) is 24.8 Å². The molecule has 1 amide bonds. The maximum atomic E-state index is 12.2. The molecule has 1 saturated carbocycles. The second-order valence-corrected chi connectivity index (χ2v) is 9.25. The summed E-state index contributed by atoms with van der Waals surface area (Å²) >= 11 is 0. The number of rotatable bonds is 9. The molecule has 1 aliphatic carbocycles. The van der Waals surface area contributed by atoms with Crippen LogP contribution in [0.25, 0.3) is 11.2 Å². The molecule has 0 radical (unpaired) electrons. The molecular weight excluding hydrogens is 480 g/mol. The van der Waals surface area contributed by atoms with Crippen LogP contribution in [0, 0.1) is 0 Å². The molecule has 1 saturated heterocycles. The van der Waals surface area contributed by atoms with E-state index < -0.39 is 30.4 Å². The molecule has 2 fully saturated rings. The molecule has 6 atom stereocenters. The Labute approximate surface area is 214 Å². The van der Waals surface area contributed by atoms with Crippen LogP contribution in [0.3, 0.4) is 0 Å². The number of nitrogens with one attached hydrogen (secondary N) is 2. The highest BCUT2D eigenvalue weighted by Gasteiger charge is 2.47. The maximum Gasteiger partial charge on any atom is 0.252 e. The zero-order valence-corrected chi connectivity index (χ0v) is 20.8.